The van der Waals surface area contributed by atoms with Gasteiger partial charge in [0.1, 0.15) is 5.82 Å². The highest BCUT2D eigenvalue weighted by atomic mass is 19.1. The number of carbonyl (C=O) groups excluding carboxylic acids is 1. The molecule has 0 bridgehead atoms. The van der Waals surface area contributed by atoms with Crippen LogP contribution in [0.2, 0.25) is 0 Å². The average Bonchev–Trinajstić information content (AvgIpc) is 2.57. The van der Waals surface area contributed by atoms with Gasteiger partial charge in [-0.25, -0.2) is 4.39 Å². The molecule has 0 spiro atoms. The summed E-state index contributed by atoms with van der Waals surface area (Å²) in [6.07, 6.45) is 4.10. The van der Waals surface area contributed by atoms with Crippen molar-refractivity contribution in [1.82, 2.24) is 5.32 Å². The fourth-order valence-electron chi connectivity index (χ4n) is 2.10. The van der Waals surface area contributed by atoms with Gasteiger partial charge in [0.15, 0.2) is 5.78 Å². The van der Waals surface area contributed by atoms with E-state index in [0.29, 0.717) is 0 Å². The molecule has 1 heterocycles. The molecule has 0 radical (unpaired) electrons. The molecule has 0 aliphatic carbocycles. The molecule has 3 heteroatoms. The number of hydrogen-bond donors (Lipinski definition) is 1. The molecule has 16 heavy (non-hydrogen) atoms. The molecule has 1 aliphatic rings. The largest absolute Gasteiger partial charge is 0.307 e. The Bertz CT molecular complexity index is 370. The minimum atomic E-state index is -0.418. The summed E-state index contributed by atoms with van der Waals surface area (Å²) in [6.45, 7) is 0.852. The number of ketones is 1. The minimum Gasteiger partial charge on any atom is -0.307 e. The fourth-order valence-corrected chi connectivity index (χ4v) is 2.10. The van der Waals surface area contributed by atoms with Gasteiger partial charge in [0.05, 0.1) is 11.6 Å². The zero-order valence-corrected chi connectivity index (χ0v) is 9.21. The zero-order chi connectivity index (χ0) is 11.4. The van der Waals surface area contributed by atoms with E-state index >= 15 is 0 Å². The van der Waals surface area contributed by atoms with E-state index in [2.05, 4.69) is 5.32 Å². The van der Waals surface area contributed by atoms with Crippen LogP contribution >= 0.6 is 0 Å². The number of hydrogen-bond acceptors (Lipinski definition) is 2. The molecule has 1 fully saturated rings. The van der Waals surface area contributed by atoms with Gasteiger partial charge in [-0.15, -0.1) is 0 Å². The van der Waals surface area contributed by atoms with Gasteiger partial charge in [0, 0.05) is 0 Å². The third-order valence-electron chi connectivity index (χ3n) is 3.02. The Labute approximate surface area is 94.9 Å². The number of rotatable bonds is 2. The minimum absolute atomic E-state index is 0.111. The Morgan fingerprint density at radius 2 is 2.06 bits per heavy atom. The van der Waals surface area contributed by atoms with E-state index in [1.165, 1.54) is 6.07 Å². The Balaban J connectivity index is 2.14. The van der Waals surface area contributed by atoms with E-state index in [0.717, 1.165) is 32.2 Å². The van der Waals surface area contributed by atoms with Crippen LogP contribution in [0.1, 0.15) is 36.0 Å². The molecule has 0 amide bonds. The lowest BCUT2D eigenvalue weighted by molar-refractivity contribution is 0.0936. The molecular formula is C13H16FNO. The van der Waals surface area contributed by atoms with Crippen LogP contribution in [0.15, 0.2) is 24.3 Å². The summed E-state index contributed by atoms with van der Waals surface area (Å²) in [5.41, 5.74) is 0.210. The first-order valence-electron chi connectivity index (χ1n) is 5.81. The quantitative estimate of drug-likeness (QED) is 0.777. The van der Waals surface area contributed by atoms with Crippen LogP contribution in [0.5, 0.6) is 0 Å². The van der Waals surface area contributed by atoms with Crippen LogP contribution in [-0.2, 0) is 0 Å². The lowest BCUT2D eigenvalue weighted by Crippen LogP contribution is -2.36. The molecule has 86 valence electrons. The van der Waals surface area contributed by atoms with Crippen molar-refractivity contribution in [2.24, 2.45) is 0 Å². The van der Waals surface area contributed by atoms with Crippen LogP contribution in [0.4, 0.5) is 4.39 Å². The van der Waals surface area contributed by atoms with Crippen molar-refractivity contribution in [3.05, 3.63) is 35.6 Å². The van der Waals surface area contributed by atoms with Gasteiger partial charge in [-0.2, -0.15) is 0 Å². The van der Waals surface area contributed by atoms with Crippen molar-refractivity contribution in [2.45, 2.75) is 31.7 Å². The Morgan fingerprint density at radius 1 is 1.25 bits per heavy atom. The lowest BCUT2D eigenvalue weighted by atomic mass is 10.00. The van der Waals surface area contributed by atoms with E-state index in [4.69, 9.17) is 0 Å². The van der Waals surface area contributed by atoms with Crippen molar-refractivity contribution < 1.29 is 9.18 Å². The summed E-state index contributed by atoms with van der Waals surface area (Å²) < 4.78 is 13.4. The predicted octanol–water partition coefficient (Wildman–Crippen LogP) is 2.54. The number of benzene rings is 1. The molecule has 1 aliphatic heterocycles. The maximum absolute atomic E-state index is 13.4. The van der Waals surface area contributed by atoms with E-state index < -0.39 is 5.82 Å². The lowest BCUT2D eigenvalue weighted by Gasteiger charge is -2.14. The van der Waals surface area contributed by atoms with Gasteiger partial charge in [-0.3, -0.25) is 4.79 Å². The van der Waals surface area contributed by atoms with Crippen LogP contribution in [0.25, 0.3) is 0 Å². The van der Waals surface area contributed by atoms with E-state index in [1.54, 1.807) is 18.2 Å². The second-order valence-electron chi connectivity index (χ2n) is 4.20. The molecule has 0 aromatic heterocycles. The molecule has 1 N–H and O–H groups in total. The second-order valence-corrected chi connectivity index (χ2v) is 4.20. The predicted molar refractivity (Wildman–Crippen MR) is 61.0 cm³/mol. The fraction of sp³-hybridized carbons (Fsp3) is 0.462. The molecule has 1 atom stereocenters. The first-order chi connectivity index (χ1) is 7.79. The topological polar surface area (TPSA) is 29.1 Å². The van der Waals surface area contributed by atoms with E-state index in [1.807, 2.05) is 0 Å². The van der Waals surface area contributed by atoms with E-state index in [-0.39, 0.29) is 17.4 Å². The van der Waals surface area contributed by atoms with Crippen molar-refractivity contribution in [3.63, 3.8) is 0 Å². The third-order valence-corrected chi connectivity index (χ3v) is 3.02. The van der Waals surface area contributed by atoms with Gasteiger partial charge in [0.2, 0.25) is 0 Å². The highest BCUT2D eigenvalue weighted by Gasteiger charge is 2.22. The monoisotopic (exact) mass is 221 g/mol. The van der Waals surface area contributed by atoms with Gasteiger partial charge < -0.3 is 5.32 Å². The van der Waals surface area contributed by atoms with Crippen molar-refractivity contribution >= 4 is 5.78 Å². The first kappa shape index (κ1) is 11.3. The van der Waals surface area contributed by atoms with Gasteiger partial charge in [-0.1, -0.05) is 25.0 Å². The molecule has 1 aromatic rings. The number of halogens is 1. The van der Waals surface area contributed by atoms with Crippen molar-refractivity contribution in [1.29, 1.82) is 0 Å². The van der Waals surface area contributed by atoms with Crippen molar-refractivity contribution in [2.75, 3.05) is 6.54 Å². The van der Waals surface area contributed by atoms with Gasteiger partial charge in [-0.05, 0) is 31.5 Å². The SMILES string of the molecule is O=C(c1ccccc1F)C1CCCCCN1. The van der Waals surface area contributed by atoms with Crippen LogP contribution < -0.4 is 5.32 Å². The molecule has 2 rings (SSSR count). The Hall–Kier alpha value is -1.22. The zero-order valence-electron chi connectivity index (χ0n) is 9.21. The number of carbonyl (C=O) groups is 1. The number of Topliss-reactive ketones (excluding diaryl/α,β-unsaturated/α-hetero) is 1. The Kier molecular flexibility index (Phi) is 3.67. The van der Waals surface area contributed by atoms with Gasteiger partial charge in [0.25, 0.3) is 0 Å². The summed E-state index contributed by atoms with van der Waals surface area (Å²) in [5, 5.41) is 3.19. The standard InChI is InChI=1S/C13H16FNO/c14-11-7-4-3-6-10(11)13(16)12-8-2-1-5-9-15-12/h3-4,6-7,12,15H,1-2,5,8-9H2. The second kappa shape index (κ2) is 5.21. The molecule has 2 nitrogen and oxygen atoms in total. The maximum Gasteiger partial charge on any atom is 0.182 e. The summed E-state index contributed by atoms with van der Waals surface area (Å²) in [4.78, 5) is 12.1. The molecule has 1 saturated heterocycles. The first-order valence-corrected chi connectivity index (χ1v) is 5.81. The summed E-state index contributed by atoms with van der Waals surface area (Å²) in [6, 6.07) is 5.99. The molecular weight excluding hydrogens is 205 g/mol. The highest BCUT2D eigenvalue weighted by Crippen LogP contribution is 2.15. The normalized spacial score (nSPS) is 21.4. The highest BCUT2D eigenvalue weighted by molar-refractivity contribution is 6.00. The summed E-state index contributed by atoms with van der Waals surface area (Å²) in [5.74, 6) is -0.529. The van der Waals surface area contributed by atoms with E-state index in [9.17, 15) is 9.18 Å². The Morgan fingerprint density at radius 3 is 2.88 bits per heavy atom. The van der Waals surface area contributed by atoms with Gasteiger partial charge >= 0.3 is 0 Å². The smallest absolute Gasteiger partial charge is 0.182 e. The summed E-state index contributed by atoms with van der Waals surface area (Å²) >= 11 is 0. The average molecular weight is 221 g/mol. The van der Waals surface area contributed by atoms with Crippen LogP contribution in [0.3, 0.4) is 0 Å². The van der Waals surface area contributed by atoms with Crippen molar-refractivity contribution in [3.8, 4) is 0 Å². The number of nitrogens with one attached hydrogen (secondary N) is 1. The van der Waals surface area contributed by atoms with Crippen LogP contribution in [-0.4, -0.2) is 18.4 Å². The van der Waals surface area contributed by atoms with Crippen LogP contribution in [0, 0.1) is 5.82 Å². The third kappa shape index (κ3) is 2.47. The maximum atomic E-state index is 13.4. The molecule has 1 aromatic carbocycles. The molecule has 1 unspecified atom stereocenters. The molecule has 0 saturated carbocycles. The summed E-state index contributed by atoms with van der Waals surface area (Å²) in [7, 11) is 0.